The fourth-order valence-electron chi connectivity index (χ4n) is 1.62. The third kappa shape index (κ3) is 3.34. The molecule has 2 rings (SSSR count). The van der Waals surface area contributed by atoms with Gasteiger partial charge in [0, 0.05) is 18.4 Å². The lowest BCUT2D eigenvalue weighted by Crippen LogP contribution is -2.12. The molecule has 0 aliphatic rings. The first-order chi connectivity index (χ1) is 8.69. The first-order valence-electron chi connectivity index (χ1n) is 5.97. The Bertz CT molecular complexity index is 525. The topological polar surface area (TPSA) is 51.0 Å². The summed E-state index contributed by atoms with van der Waals surface area (Å²) in [6.45, 7) is 7.81. The van der Waals surface area contributed by atoms with Gasteiger partial charge in [-0.3, -0.25) is 0 Å². The molecule has 0 amide bonds. The van der Waals surface area contributed by atoms with Crippen LogP contribution in [0.4, 0.5) is 0 Å². The minimum Gasteiger partial charge on any atom is -0.416 e. The normalized spacial score (nSPS) is 10.8. The van der Waals surface area contributed by atoms with Crippen LogP contribution in [0.15, 0.2) is 32.7 Å². The summed E-state index contributed by atoms with van der Waals surface area (Å²) in [5.41, 5.74) is 2.52. The van der Waals surface area contributed by atoms with E-state index >= 15 is 0 Å². The second kappa shape index (κ2) is 6.02. The van der Waals surface area contributed by atoms with Crippen LogP contribution >= 0.6 is 11.8 Å². The predicted octanol–water partition coefficient (Wildman–Crippen LogP) is 2.95. The number of hydrogen-bond acceptors (Lipinski definition) is 5. The monoisotopic (exact) mass is 263 g/mol. The third-order valence-electron chi connectivity index (χ3n) is 2.49. The molecule has 0 radical (unpaired) electrons. The maximum atomic E-state index is 5.40. The van der Waals surface area contributed by atoms with Gasteiger partial charge in [-0.1, -0.05) is 24.6 Å². The second-order valence-electron chi connectivity index (χ2n) is 4.08. The minimum absolute atomic E-state index is 0.592. The fraction of sp³-hybridized carbons (Fsp3) is 0.385. The van der Waals surface area contributed by atoms with Gasteiger partial charge in [-0.15, -0.1) is 10.2 Å². The first kappa shape index (κ1) is 13.1. The molecule has 0 atom stereocenters. The van der Waals surface area contributed by atoms with Gasteiger partial charge in [-0.25, -0.2) is 0 Å². The number of benzene rings is 1. The van der Waals surface area contributed by atoms with E-state index < -0.39 is 0 Å². The smallest absolute Gasteiger partial charge is 0.281 e. The second-order valence-corrected chi connectivity index (χ2v) is 5.07. The molecule has 18 heavy (non-hydrogen) atoms. The van der Waals surface area contributed by atoms with Gasteiger partial charge >= 0.3 is 0 Å². The fourth-order valence-corrected chi connectivity index (χ4v) is 2.45. The van der Waals surface area contributed by atoms with Crippen molar-refractivity contribution < 1.29 is 4.42 Å². The molecule has 0 aliphatic heterocycles. The van der Waals surface area contributed by atoms with E-state index in [-0.39, 0.29) is 0 Å². The van der Waals surface area contributed by atoms with E-state index in [1.807, 2.05) is 0 Å². The SMILES string of the molecule is CCNCc1cc(C)ccc1Sc1nnc(C)o1. The standard InChI is InChI=1S/C13H17N3OS/c1-4-14-8-11-7-9(2)5-6-12(11)18-13-16-15-10(3)17-13/h5-7,14H,4,8H2,1-3H3. The Balaban J connectivity index is 2.20. The van der Waals surface area contributed by atoms with E-state index in [1.54, 1.807) is 6.92 Å². The van der Waals surface area contributed by atoms with Crippen LogP contribution in [0.3, 0.4) is 0 Å². The zero-order chi connectivity index (χ0) is 13.0. The number of aromatic nitrogens is 2. The summed E-state index contributed by atoms with van der Waals surface area (Å²) in [4.78, 5) is 1.16. The predicted molar refractivity (Wildman–Crippen MR) is 71.7 cm³/mol. The first-order valence-corrected chi connectivity index (χ1v) is 6.79. The number of aryl methyl sites for hydroxylation is 2. The van der Waals surface area contributed by atoms with Gasteiger partial charge in [0.05, 0.1) is 0 Å². The van der Waals surface area contributed by atoms with Crippen LogP contribution in [0.25, 0.3) is 0 Å². The van der Waals surface area contributed by atoms with Crippen molar-refractivity contribution in [3.05, 3.63) is 35.2 Å². The summed E-state index contributed by atoms with van der Waals surface area (Å²) in [5, 5.41) is 11.8. The molecule has 0 saturated heterocycles. The Labute approximate surface area is 111 Å². The molecule has 1 aromatic heterocycles. The van der Waals surface area contributed by atoms with Crippen LogP contribution in [-0.4, -0.2) is 16.7 Å². The van der Waals surface area contributed by atoms with E-state index in [0.717, 1.165) is 18.0 Å². The summed E-state index contributed by atoms with van der Waals surface area (Å²) >= 11 is 1.51. The van der Waals surface area contributed by atoms with Crippen LogP contribution in [0.1, 0.15) is 23.9 Å². The zero-order valence-corrected chi connectivity index (χ0v) is 11.7. The number of nitrogens with one attached hydrogen (secondary N) is 1. The molecule has 96 valence electrons. The maximum absolute atomic E-state index is 5.40. The quantitative estimate of drug-likeness (QED) is 0.898. The van der Waals surface area contributed by atoms with Crippen molar-refractivity contribution in [2.24, 2.45) is 0 Å². The minimum atomic E-state index is 0.592. The van der Waals surface area contributed by atoms with Crippen molar-refractivity contribution in [2.45, 2.75) is 37.4 Å². The number of rotatable bonds is 5. The Morgan fingerprint density at radius 2 is 2.11 bits per heavy atom. The van der Waals surface area contributed by atoms with E-state index in [1.165, 1.54) is 22.9 Å². The average Bonchev–Trinajstić information content (AvgIpc) is 2.75. The molecule has 2 aromatic rings. The van der Waals surface area contributed by atoms with Crippen LogP contribution in [0.5, 0.6) is 0 Å². The molecular weight excluding hydrogens is 246 g/mol. The largest absolute Gasteiger partial charge is 0.416 e. The van der Waals surface area contributed by atoms with Crippen LogP contribution in [0.2, 0.25) is 0 Å². The van der Waals surface area contributed by atoms with E-state index in [0.29, 0.717) is 11.1 Å². The molecule has 1 aromatic carbocycles. The Morgan fingerprint density at radius 1 is 1.28 bits per heavy atom. The highest BCUT2D eigenvalue weighted by Gasteiger charge is 2.09. The summed E-state index contributed by atoms with van der Waals surface area (Å²) in [6, 6.07) is 6.39. The van der Waals surface area contributed by atoms with E-state index in [9.17, 15) is 0 Å². The lowest BCUT2D eigenvalue weighted by Gasteiger charge is -2.08. The summed E-state index contributed by atoms with van der Waals surface area (Å²) < 4.78 is 5.40. The van der Waals surface area contributed by atoms with Crippen LogP contribution in [-0.2, 0) is 6.54 Å². The highest BCUT2D eigenvalue weighted by Crippen LogP contribution is 2.30. The summed E-state index contributed by atoms with van der Waals surface area (Å²) in [7, 11) is 0. The molecule has 0 bridgehead atoms. The Morgan fingerprint density at radius 3 is 2.78 bits per heavy atom. The van der Waals surface area contributed by atoms with Gasteiger partial charge < -0.3 is 9.73 Å². The van der Waals surface area contributed by atoms with Crippen molar-refractivity contribution in [3.63, 3.8) is 0 Å². The van der Waals surface area contributed by atoms with Gasteiger partial charge in [-0.05, 0) is 36.9 Å². The van der Waals surface area contributed by atoms with Gasteiger partial charge in [0.25, 0.3) is 5.22 Å². The molecule has 0 fully saturated rings. The Kier molecular flexibility index (Phi) is 4.38. The molecule has 1 N–H and O–H groups in total. The molecule has 0 spiro atoms. The van der Waals surface area contributed by atoms with Gasteiger partial charge in [0.15, 0.2) is 0 Å². The third-order valence-corrected chi connectivity index (χ3v) is 3.44. The lowest BCUT2D eigenvalue weighted by molar-refractivity contribution is 0.429. The maximum Gasteiger partial charge on any atom is 0.281 e. The van der Waals surface area contributed by atoms with E-state index in [4.69, 9.17) is 4.42 Å². The zero-order valence-electron chi connectivity index (χ0n) is 10.9. The van der Waals surface area contributed by atoms with Crippen molar-refractivity contribution in [3.8, 4) is 0 Å². The summed E-state index contributed by atoms with van der Waals surface area (Å²) in [5.74, 6) is 0.595. The van der Waals surface area contributed by atoms with E-state index in [2.05, 4.69) is 47.6 Å². The highest BCUT2D eigenvalue weighted by molar-refractivity contribution is 7.99. The summed E-state index contributed by atoms with van der Waals surface area (Å²) in [6.07, 6.45) is 0. The Hall–Kier alpha value is -1.33. The van der Waals surface area contributed by atoms with Crippen molar-refractivity contribution in [1.82, 2.24) is 15.5 Å². The molecular formula is C13H17N3OS. The molecule has 0 saturated carbocycles. The van der Waals surface area contributed by atoms with Crippen molar-refractivity contribution in [1.29, 1.82) is 0 Å². The van der Waals surface area contributed by atoms with Crippen molar-refractivity contribution >= 4 is 11.8 Å². The van der Waals surface area contributed by atoms with Crippen LogP contribution < -0.4 is 5.32 Å². The van der Waals surface area contributed by atoms with Gasteiger partial charge in [0.1, 0.15) is 0 Å². The number of hydrogen-bond donors (Lipinski definition) is 1. The van der Waals surface area contributed by atoms with Gasteiger partial charge in [-0.2, -0.15) is 0 Å². The van der Waals surface area contributed by atoms with Gasteiger partial charge in [0.2, 0.25) is 5.89 Å². The lowest BCUT2D eigenvalue weighted by atomic mass is 10.1. The molecule has 4 nitrogen and oxygen atoms in total. The average molecular weight is 263 g/mol. The van der Waals surface area contributed by atoms with Crippen LogP contribution in [0, 0.1) is 13.8 Å². The molecule has 1 heterocycles. The highest BCUT2D eigenvalue weighted by atomic mass is 32.2. The molecule has 0 unspecified atom stereocenters. The molecule has 5 heteroatoms. The number of nitrogens with zero attached hydrogens (tertiary/aromatic N) is 2. The molecule has 0 aliphatic carbocycles. The van der Waals surface area contributed by atoms with Crippen molar-refractivity contribution in [2.75, 3.05) is 6.54 Å².